The molecule has 1 aliphatic heterocycles. The predicted molar refractivity (Wildman–Crippen MR) is 59.2 cm³/mol. The molecule has 1 aliphatic rings. The number of hydrogen-bond acceptors (Lipinski definition) is 4. The minimum Gasteiger partial charge on any atom is -0.330 e. The molecule has 78 valence electrons. The van der Waals surface area contributed by atoms with E-state index < -0.39 is 0 Å². The lowest BCUT2D eigenvalue weighted by Gasteiger charge is -2.31. The highest BCUT2D eigenvalue weighted by atomic mass is 32.1. The van der Waals surface area contributed by atoms with Gasteiger partial charge in [0.2, 0.25) is 0 Å². The molecule has 0 unspecified atom stereocenters. The third-order valence-corrected chi connectivity index (χ3v) is 3.56. The summed E-state index contributed by atoms with van der Waals surface area (Å²) in [6.07, 6.45) is 4.56. The molecule has 0 radical (unpaired) electrons. The van der Waals surface area contributed by atoms with Crippen molar-refractivity contribution in [3.63, 3.8) is 0 Å². The monoisotopic (exact) mass is 211 g/mol. The van der Waals surface area contributed by atoms with Crippen LogP contribution in [0.2, 0.25) is 0 Å². The molecule has 0 saturated carbocycles. The summed E-state index contributed by atoms with van der Waals surface area (Å²) in [7, 11) is 0. The second kappa shape index (κ2) is 4.87. The van der Waals surface area contributed by atoms with E-state index in [1.807, 2.05) is 11.7 Å². The van der Waals surface area contributed by atoms with Crippen LogP contribution in [0.3, 0.4) is 0 Å². The minimum atomic E-state index is 0.705. The van der Waals surface area contributed by atoms with Crippen molar-refractivity contribution in [2.45, 2.75) is 19.4 Å². The molecule has 4 heteroatoms. The van der Waals surface area contributed by atoms with Crippen LogP contribution in [0, 0.1) is 5.92 Å². The number of rotatable bonds is 3. The van der Waals surface area contributed by atoms with E-state index in [2.05, 4.69) is 9.88 Å². The predicted octanol–water partition coefficient (Wildman–Crippen LogP) is 1.31. The van der Waals surface area contributed by atoms with Gasteiger partial charge in [0.25, 0.3) is 0 Å². The van der Waals surface area contributed by atoms with Crippen LogP contribution >= 0.6 is 11.3 Å². The molecule has 0 amide bonds. The summed E-state index contributed by atoms with van der Waals surface area (Å²) in [4.78, 5) is 7.95. The molecule has 1 aromatic heterocycles. The van der Waals surface area contributed by atoms with Crippen molar-refractivity contribution in [1.82, 2.24) is 9.88 Å². The topological polar surface area (TPSA) is 42.1 Å². The maximum absolute atomic E-state index is 5.70. The standard InChI is InChI=1S/C10H17N3S/c11-4-9-2-1-3-13(6-9)7-10-5-12-8-14-10/h5,8-9H,1-4,6-7,11H2/t9-/m1/s1. The van der Waals surface area contributed by atoms with Crippen molar-refractivity contribution in [1.29, 1.82) is 0 Å². The Morgan fingerprint density at radius 3 is 3.29 bits per heavy atom. The quantitative estimate of drug-likeness (QED) is 0.820. The Kier molecular flexibility index (Phi) is 3.50. The third-order valence-electron chi connectivity index (χ3n) is 2.80. The fourth-order valence-electron chi connectivity index (χ4n) is 2.03. The Morgan fingerprint density at radius 1 is 1.64 bits per heavy atom. The minimum absolute atomic E-state index is 0.705. The summed E-state index contributed by atoms with van der Waals surface area (Å²) in [6, 6.07) is 0. The van der Waals surface area contributed by atoms with Crippen LogP contribution in [0.5, 0.6) is 0 Å². The molecular formula is C10H17N3S. The average molecular weight is 211 g/mol. The fourth-order valence-corrected chi connectivity index (χ4v) is 2.66. The van der Waals surface area contributed by atoms with Gasteiger partial charge in [0.1, 0.15) is 0 Å². The normalized spacial score (nSPS) is 23.9. The van der Waals surface area contributed by atoms with Gasteiger partial charge < -0.3 is 5.73 Å². The molecular weight excluding hydrogens is 194 g/mol. The first-order chi connectivity index (χ1) is 6.88. The molecule has 0 bridgehead atoms. The van der Waals surface area contributed by atoms with E-state index in [4.69, 9.17) is 5.73 Å². The van der Waals surface area contributed by atoms with Crippen LogP contribution in [0.1, 0.15) is 17.7 Å². The van der Waals surface area contributed by atoms with E-state index >= 15 is 0 Å². The number of thiazole rings is 1. The first-order valence-corrected chi connectivity index (χ1v) is 6.06. The Hall–Kier alpha value is -0.450. The SMILES string of the molecule is NC[C@H]1CCCN(Cc2cncs2)C1. The smallest absolute Gasteiger partial charge is 0.0794 e. The lowest BCUT2D eigenvalue weighted by atomic mass is 9.98. The van der Waals surface area contributed by atoms with Crippen molar-refractivity contribution in [2.24, 2.45) is 11.7 Å². The lowest BCUT2D eigenvalue weighted by molar-refractivity contribution is 0.172. The molecule has 14 heavy (non-hydrogen) atoms. The van der Waals surface area contributed by atoms with Gasteiger partial charge in [0.15, 0.2) is 0 Å². The van der Waals surface area contributed by atoms with Crippen LogP contribution in [0.25, 0.3) is 0 Å². The van der Waals surface area contributed by atoms with Gasteiger partial charge in [-0.15, -0.1) is 11.3 Å². The van der Waals surface area contributed by atoms with E-state index in [-0.39, 0.29) is 0 Å². The van der Waals surface area contributed by atoms with Gasteiger partial charge in [-0.1, -0.05) is 0 Å². The number of aromatic nitrogens is 1. The summed E-state index contributed by atoms with van der Waals surface area (Å²) in [5, 5.41) is 0. The molecule has 3 nitrogen and oxygen atoms in total. The Labute approximate surface area is 88.9 Å². The molecule has 2 heterocycles. The molecule has 2 N–H and O–H groups in total. The Balaban J connectivity index is 1.86. The van der Waals surface area contributed by atoms with Crippen LogP contribution in [0.4, 0.5) is 0 Å². The van der Waals surface area contributed by atoms with Gasteiger partial charge in [-0.3, -0.25) is 9.88 Å². The highest BCUT2D eigenvalue weighted by Gasteiger charge is 2.18. The first kappa shape index (κ1) is 10.1. The van der Waals surface area contributed by atoms with Gasteiger partial charge in [-0.2, -0.15) is 0 Å². The Morgan fingerprint density at radius 2 is 2.57 bits per heavy atom. The second-order valence-corrected chi connectivity index (χ2v) is 4.92. The van der Waals surface area contributed by atoms with Crippen LogP contribution < -0.4 is 5.73 Å². The summed E-state index contributed by atoms with van der Waals surface area (Å²) >= 11 is 1.74. The Bertz CT molecular complexity index is 260. The zero-order chi connectivity index (χ0) is 9.80. The van der Waals surface area contributed by atoms with Crippen molar-refractivity contribution >= 4 is 11.3 Å². The maximum Gasteiger partial charge on any atom is 0.0794 e. The number of hydrogen-bond donors (Lipinski definition) is 1. The molecule has 0 aromatic carbocycles. The molecule has 0 spiro atoms. The number of nitrogens with two attached hydrogens (primary N) is 1. The molecule has 1 fully saturated rings. The van der Waals surface area contributed by atoms with Crippen LogP contribution in [-0.2, 0) is 6.54 Å². The van der Waals surface area contributed by atoms with E-state index in [9.17, 15) is 0 Å². The lowest BCUT2D eigenvalue weighted by Crippen LogP contribution is -2.37. The molecule has 1 atom stereocenters. The van der Waals surface area contributed by atoms with Gasteiger partial charge in [0, 0.05) is 24.2 Å². The van der Waals surface area contributed by atoms with E-state index in [1.165, 1.54) is 24.3 Å². The molecule has 1 saturated heterocycles. The largest absolute Gasteiger partial charge is 0.330 e. The number of likely N-dealkylation sites (tertiary alicyclic amines) is 1. The fraction of sp³-hybridized carbons (Fsp3) is 0.700. The molecule has 1 aromatic rings. The van der Waals surface area contributed by atoms with Crippen molar-refractivity contribution in [2.75, 3.05) is 19.6 Å². The van der Waals surface area contributed by atoms with E-state index in [0.717, 1.165) is 19.6 Å². The molecule has 0 aliphatic carbocycles. The maximum atomic E-state index is 5.70. The summed E-state index contributed by atoms with van der Waals surface area (Å²) in [5.41, 5.74) is 7.60. The highest BCUT2D eigenvalue weighted by molar-refractivity contribution is 7.09. The summed E-state index contributed by atoms with van der Waals surface area (Å²) in [6.45, 7) is 4.27. The summed E-state index contributed by atoms with van der Waals surface area (Å²) < 4.78 is 0. The second-order valence-electron chi connectivity index (χ2n) is 3.95. The van der Waals surface area contributed by atoms with Crippen LogP contribution in [0.15, 0.2) is 11.7 Å². The average Bonchev–Trinajstić information content (AvgIpc) is 2.71. The highest BCUT2D eigenvalue weighted by Crippen LogP contribution is 2.18. The van der Waals surface area contributed by atoms with Gasteiger partial charge in [-0.05, 0) is 31.8 Å². The third kappa shape index (κ3) is 2.53. The number of nitrogens with zero attached hydrogens (tertiary/aromatic N) is 2. The van der Waals surface area contributed by atoms with Crippen LogP contribution in [-0.4, -0.2) is 29.5 Å². The zero-order valence-electron chi connectivity index (χ0n) is 8.35. The van der Waals surface area contributed by atoms with Gasteiger partial charge in [0.05, 0.1) is 5.51 Å². The first-order valence-electron chi connectivity index (χ1n) is 5.18. The zero-order valence-corrected chi connectivity index (χ0v) is 9.17. The number of piperidine rings is 1. The van der Waals surface area contributed by atoms with Gasteiger partial charge in [-0.25, -0.2) is 0 Å². The van der Waals surface area contributed by atoms with Crippen molar-refractivity contribution in [3.8, 4) is 0 Å². The van der Waals surface area contributed by atoms with Crippen molar-refractivity contribution < 1.29 is 0 Å². The van der Waals surface area contributed by atoms with Crippen molar-refractivity contribution in [3.05, 3.63) is 16.6 Å². The van der Waals surface area contributed by atoms with Gasteiger partial charge >= 0.3 is 0 Å². The molecule has 2 rings (SSSR count). The van der Waals surface area contributed by atoms with E-state index in [1.54, 1.807) is 11.3 Å². The summed E-state index contributed by atoms with van der Waals surface area (Å²) in [5.74, 6) is 0.705. The van der Waals surface area contributed by atoms with E-state index in [0.29, 0.717) is 5.92 Å².